The highest BCUT2D eigenvalue weighted by Gasteiger charge is 2.32. The lowest BCUT2D eigenvalue weighted by atomic mass is 9.80. The van der Waals surface area contributed by atoms with E-state index in [1.165, 1.54) is 5.56 Å². The van der Waals surface area contributed by atoms with Crippen molar-refractivity contribution in [2.75, 3.05) is 25.4 Å². The molecule has 0 atom stereocenters. The summed E-state index contributed by atoms with van der Waals surface area (Å²) in [5, 5.41) is 9.28. The molecule has 0 bridgehead atoms. The fraction of sp³-hybridized carbons (Fsp3) is 0.314. The molecule has 0 spiro atoms. The largest absolute Gasteiger partial charge is 0.481 e. The standard InChI is InChI=1S/C35H36N6O2/c1-22-18-30-34(39-31(22)25-6-3-2-4-7-25)41(33(38-30)29-8-5-17-37-32(29)36)28-15-13-24(14-16-28)27-20-40(21-27)19-23-9-11-26(12-10-23)35(42)43/h2-8,13-18,23,26-27H,9-12,19-21H2,1H3,(H2,36,37)(H,42,43). The van der Waals surface area contributed by atoms with Crippen LogP contribution in [0.15, 0.2) is 79.0 Å². The van der Waals surface area contributed by atoms with Gasteiger partial charge in [-0.25, -0.2) is 15.0 Å². The third kappa shape index (κ3) is 5.27. The lowest BCUT2D eigenvalue weighted by Crippen LogP contribution is -2.47. The first-order valence-electron chi connectivity index (χ1n) is 15.2. The van der Waals surface area contributed by atoms with Gasteiger partial charge in [-0.3, -0.25) is 9.36 Å². The maximum Gasteiger partial charge on any atom is 0.306 e. The van der Waals surface area contributed by atoms with E-state index < -0.39 is 5.97 Å². The number of fused-ring (bicyclic) bond motifs is 1. The van der Waals surface area contributed by atoms with Gasteiger partial charge in [-0.05, 0) is 80.0 Å². The van der Waals surface area contributed by atoms with Crippen LogP contribution in [0.1, 0.15) is 42.7 Å². The number of aromatic nitrogens is 4. The van der Waals surface area contributed by atoms with Gasteiger partial charge in [0, 0.05) is 43.0 Å². The summed E-state index contributed by atoms with van der Waals surface area (Å²) in [4.78, 5) is 28.3. The number of hydrogen-bond acceptors (Lipinski definition) is 6. The van der Waals surface area contributed by atoms with Gasteiger partial charge in [0.15, 0.2) is 11.5 Å². The minimum Gasteiger partial charge on any atom is -0.481 e. The average molecular weight is 573 g/mol. The zero-order valence-corrected chi connectivity index (χ0v) is 24.4. The lowest BCUT2D eigenvalue weighted by Gasteiger charge is -2.42. The molecule has 2 aromatic carbocycles. The number of nitrogens with zero attached hydrogens (tertiary/aromatic N) is 5. The number of rotatable bonds is 7. The number of imidazole rings is 1. The van der Waals surface area contributed by atoms with Crippen LogP contribution in [0.3, 0.4) is 0 Å². The number of anilines is 1. The van der Waals surface area contributed by atoms with Crippen LogP contribution in [0, 0.1) is 18.8 Å². The van der Waals surface area contributed by atoms with Gasteiger partial charge in [0.25, 0.3) is 0 Å². The number of nitrogen functional groups attached to an aromatic ring is 1. The molecular weight excluding hydrogens is 536 g/mol. The molecule has 5 aromatic rings. The molecule has 0 amide bonds. The second-order valence-electron chi connectivity index (χ2n) is 12.1. The molecule has 218 valence electrons. The maximum atomic E-state index is 11.3. The van der Waals surface area contributed by atoms with Crippen molar-refractivity contribution in [3.63, 3.8) is 0 Å². The summed E-state index contributed by atoms with van der Waals surface area (Å²) in [5.74, 6) is 1.49. The Labute approximate surface area is 251 Å². The first-order chi connectivity index (χ1) is 20.9. The first-order valence-corrected chi connectivity index (χ1v) is 15.2. The molecule has 2 aliphatic rings. The number of carbonyl (C=O) groups is 1. The number of aryl methyl sites for hydroxylation is 1. The molecule has 8 nitrogen and oxygen atoms in total. The van der Waals surface area contributed by atoms with Crippen LogP contribution < -0.4 is 5.73 Å². The van der Waals surface area contributed by atoms with Crippen LogP contribution in [-0.4, -0.2) is 55.1 Å². The Morgan fingerprint density at radius 2 is 1.70 bits per heavy atom. The third-order valence-corrected chi connectivity index (χ3v) is 9.24. The van der Waals surface area contributed by atoms with Crippen LogP contribution in [-0.2, 0) is 4.79 Å². The highest BCUT2D eigenvalue weighted by molar-refractivity contribution is 5.85. The van der Waals surface area contributed by atoms with Gasteiger partial charge in [0.2, 0.25) is 0 Å². The van der Waals surface area contributed by atoms with Crippen LogP contribution in [0.4, 0.5) is 5.82 Å². The van der Waals surface area contributed by atoms with Crippen molar-refractivity contribution in [2.24, 2.45) is 11.8 Å². The number of likely N-dealkylation sites (tertiary alicyclic amines) is 1. The van der Waals surface area contributed by atoms with Crippen molar-refractivity contribution < 1.29 is 9.90 Å². The smallest absolute Gasteiger partial charge is 0.306 e. The fourth-order valence-electron chi connectivity index (χ4n) is 6.80. The number of carboxylic acids is 1. The second kappa shape index (κ2) is 11.3. The van der Waals surface area contributed by atoms with Gasteiger partial charge in [-0.1, -0.05) is 42.5 Å². The Balaban J connectivity index is 1.16. The van der Waals surface area contributed by atoms with Crippen LogP contribution in [0.25, 0.3) is 39.5 Å². The summed E-state index contributed by atoms with van der Waals surface area (Å²) in [5.41, 5.74) is 14.1. The van der Waals surface area contributed by atoms with E-state index in [0.29, 0.717) is 17.7 Å². The second-order valence-corrected chi connectivity index (χ2v) is 12.1. The minimum atomic E-state index is -0.631. The summed E-state index contributed by atoms with van der Waals surface area (Å²) >= 11 is 0. The molecule has 7 rings (SSSR count). The van der Waals surface area contributed by atoms with E-state index in [0.717, 1.165) is 90.4 Å². The van der Waals surface area contributed by atoms with E-state index in [-0.39, 0.29) is 5.92 Å². The van der Waals surface area contributed by atoms with E-state index in [2.05, 4.69) is 63.8 Å². The molecule has 0 radical (unpaired) electrons. The Bertz CT molecular complexity index is 1770. The number of nitrogens with two attached hydrogens (primary N) is 1. The zero-order chi connectivity index (χ0) is 29.5. The maximum absolute atomic E-state index is 11.3. The first kappa shape index (κ1) is 27.3. The average Bonchev–Trinajstić information content (AvgIpc) is 3.37. The summed E-state index contributed by atoms with van der Waals surface area (Å²) in [6.45, 7) is 5.24. The van der Waals surface area contributed by atoms with Crippen molar-refractivity contribution >= 4 is 23.0 Å². The molecule has 1 saturated heterocycles. The van der Waals surface area contributed by atoms with Gasteiger partial charge < -0.3 is 15.7 Å². The van der Waals surface area contributed by atoms with Crippen molar-refractivity contribution in [1.82, 2.24) is 24.4 Å². The van der Waals surface area contributed by atoms with E-state index in [4.69, 9.17) is 15.7 Å². The molecular formula is C35H36N6O2. The topological polar surface area (TPSA) is 110 Å². The van der Waals surface area contributed by atoms with Crippen LogP contribution >= 0.6 is 0 Å². The predicted molar refractivity (Wildman–Crippen MR) is 169 cm³/mol. The molecule has 4 heterocycles. The third-order valence-electron chi connectivity index (χ3n) is 9.24. The number of pyridine rings is 2. The van der Waals surface area contributed by atoms with Gasteiger partial charge in [0.05, 0.1) is 17.2 Å². The molecule has 3 N–H and O–H groups in total. The van der Waals surface area contributed by atoms with Crippen molar-refractivity contribution in [3.8, 4) is 28.3 Å². The van der Waals surface area contributed by atoms with Crippen molar-refractivity contribution in [3.05, 3.63) is 90.1 Å². The molecule has 1 saturated carbocycles. The van der Waals surface area contributed by atoms with Gasteiger partial charge in [-0.2, -0.15) is 0 Å². The number of aliphatic carboxylic acids is 1. The zero-order valence-electron chi connectivity index (χ0n) is 24.4. The fourth-order valence-corrected chi connectivity index (χ4v) is 6.80. The van der Waals surface area contributed by atoms with E-state index in [9.17, 15) is 9.90 Å². The SMILES string of the molecule is Cc1cc2nc(-c3cccnc3N)n(-c3ccc(C4CN(CC5CCC(C(=O)O)CC5)C4)cc3)c2nc1-c1ccccc1. The Kier molecular flexibility index (Phi) is 7.15. The minimum absolute atomic E-state index is 0.147. The number of hydrogen-bond donors (Lipinski definition) is 2. The van der Waals surface area contributed by atoms with Crippen LogP contribution in [0.2, 0.25) is 0 Å². The summed E-state index contributed by atoms with van der Waals surface area (Å²) in [6.07, 6.45) is 5.37. The summed E-state index contributed by atoms with van der Waals surface area (Å²) in [7, 11) is 0. The highest BCUT2D eigenvalue weighted by Crippen LogP contribution is 2.36. The quantitative estimate of drug-likeness (QED) is 0.234. The van der Waals surface area contributed by atoms with E-state index >= 15 is 0 Å². The molecule has 1 aliphatic carbocycles. The molecule has 43 heavy (non-hydrogen) atoms. The van der Waals surface area contributed by atoms with Gasteiger partial charge >= 0.3 is 5.97 Å². The predicted octanol–water partition coefficient (Wildman–Crippen LogP) is 6.33. The number of benzene rings is 2. The Hall–Kier alpha value is -4.56. The Morgan fingerprint density at radius 3 is 2.40 bits per heavy atom. The normalized spacial score (nSPS) is 19.4. The Morgan fingerprint density at radius 1 is 0.953 bits per heavy atom. The molecule has 8 heteroatoms. The van der Waals surface area contributed by atoms with Crippen molar-refractivity contribution in [2.45, 2.75) is 38.5 Å². The van der Waals surface area contributed by atoms with E-state index in [1.807, 2.05) is 30.3 Å². The van der Waals surface area contributed by atoms with E-state index in [1.54, 1.807) is 6.20 Å². The molecule has 2 fully saturated rings. The molecule has 1 aliphatic heterocycles. The monoisotopic (exact) mass is 572 g/mol. The van der Waals surface area contributed by atoms with Gasteiger partial charge in [-0.15, -0.1) is 0 Å². The molecule has 0 unspecified atom stereocenters. The highest BCUT2D eigenvalue weighted by atomic mass is 16.4. The van der Waals surface area contributed by atoms with Crippen LogP contribution in [0.5, 0.6) is 0 Å². The summed E-state index contributed by atoms with van der Waals surface area (Å²) in [6, 6.07) is 24.9. The number of carboxylic acid groups (broad SMARTS) is 1. The molecule has 3 aromatic heterocycles. The summed E-state index contributed by atoms with van der Waals surface area (Å²) < 4.78 is 2.10. The van der Waals surface area contributed by atoms with Crippen molar-refractivity contribution in [1.29, 1.82) is 0 Å². The van der Waals surface area contributed by atoms with Gasteiger partial charge in [0.1, 0.15) is 11.3 Å². The lowest BCUT2D eigenvalue weighted by molar-refractivity contribution is -0.143.